The molecule has 2 rings (SSSR count). The lowest BCUT2D eigenvalue weighted by molar-refractivity contribution is -0.126. The van der Waals surface area contributed by atoms with Crippen LogP contribution in [0.25, 0.3) is 0 Å². The molecule has 0 aromatic heterocycles. The Morgan fingerprint density at radius 2 is 2.17 bits per heavy atom. The second-order valence-corrected chi connectivity index (χ2v) is 5.87. The van der Waals surface area contributed by atoms with Gasteiger partial charge in [0.1, 0.15) is 5.82 Å². The Kier molecular flexibility index (Phi) is 6.10. The third-order valence-corrected chi connectivity index (χ3v) is 4.19. The van der Waals surface area contributed by atoms with E-state index in [9.17, 15) is 14.0 Å². The van der Waals surface area contributed by atoms with E-state index in [1.807, 2.05) is 6.92 Å². The highest BCUT2D eigenvalue weighted by Crippen LogP contribution is 2.24. The van der Waals surface area contributed by atoms with Gasteiger partial charge in [0.25, 0.3) is 5.91 Å². The third-order valence-electron chi connectivity index (χ3n) is 4.19. The number of amides is 2. The van der Waals surface area contributed by atoms with E-state index in [1.165, 1.54) is 18.2 Å². The minimum atomic E-state index is -0.436. The molecule has 0 bridgehead atoms. The Morgan fingerprint density at radius 1 is 1.39 bits per heavy atom. The highest BCUT2D eigenvalue weighted by atomic mass is 19.1. The maximum absolute atomic E-state index is 13.3. The summed E-state index contributed by atoms with van der Waals surface area (Å²) in [6.07, 6.45) is 1.50. The first-order valence-electron chi connectivity index (χ1n) is 7.86. The molecule has 0 spiro atoms. The van der Waals surface area contributed by atoms with Crippen molar-refractivity contribution in [2.24, 2.45) is 5.92 Å². The number of benzene rings is 1. The summed E-state index contributed by atoms with van der Waals surface area (Å²) in [6, 6.07) is 5.69. The predicted octanol–water partition coefficient (Wildman–Crippen LogP) is 1.83. The van der Waals surface area contributed by atoms with Gasteiger partial charge in [0.2, 0.25) is 5.91 Å². The van der Waals surface area contributed by atoms with Gasteiger partial charge in [0.05, 0.1) is 12.5 Å². The summed E-state index contributed by atoms with van der Waals surface area (Å²) in [7, 11) is 1.58. The topological polar surface area (TPSA) is 58.6 Å². The van der Waals surface area contributed by atoms with Gasteiger partial charge in [-0.05, 0) is 38.0 Å². The fraction of sp³-hybridized carbons (Fsp3) is 0.529. The summed E-state index contributed by atoms with van der Waals surface area (Å²) < 4.78 is 18.2. The molecule has 1 aliphatic heterocycles. The van der Waals surface area contributed by atoms with Gasteiger partial charge in [-0.15, -0.1) is 0 Å². The summed E-state index contributed by atoms with van der Waals surface area (Å²) in [5.74, 6) is -0.965. The summed E-state index contributed by atoms with van der Waals surface area (Å²) in [5.41, 5.74) is 0.317. The lowest BCUT2D eigenvalue weighted by atomic mass is 9.92. The SMILES string of the molecule is COCCNC(=O)[C@H]1CC[C@@H](C)N(C(=O)c2cccc(F)c2)C1. The Balaban J connectivity index is 2.03. The lowest BCUT2D eigenvalue weighted by Gasteiger charge is -2.37. The molecule has 1 fully saturated rings. The molecule has 1 N–H and O–H groups in total. The molecule has 0 saturated carbocycles. The van der Waals surface area contributed by atoms with Crippen LogP contribution in [0, 0.1) is 11.7 Å². The normalized spacial score (nSPS) is 21.1. The fourth-order valence-corrected chi connectivity index (χ4v) is 2.81. The number of methoxy groups -OCH3 is 1. The molecule has 2 amide bonds. The van der Waals surface area contributed by atoms with Crippen LogP contribution in [0.15, 0.2) is 24.3 Å². The third kappa shape index (κ3) is 4.51. The number of carbonyl (C=O) groups excluding carboxylic acids is 2. The van der Waals surface area contributed by atoms with Gasteiger partial charge in [-0.1, -0.05) is 6.07 Å². The van der Waals surface area contributed by atoms with Crippen LogP contribution in [-0.2, 0) is 9.53 Å². The van der Waals surface area contributed by atoms with Crippen LogP contribution < -0.4 is 5.32 Å². The van der Waals surface area contributed by atoms with Crippen molar-refractivity contribution in [3.05, 3.63) is 35.6 Å². The van der Waals surface area contributed by atoms with Crippen molar-refractivity contribution in [2.75, 3.05) is 26.8 Å². The van der Waals surface area contributed by atoms with Crippen LogP contribution in [0.1, 0.15) is 30.1 Å². The van der Waals surface area contributed by atoms with Crippen LogP contribution in [0.5, 0.6) is 0 Å². The van der Waals surface area contributed by atoms with Crippen molar-refractivity contribution in [3.8, 4) is 0 Å². The number of hydrogen-bond donors (Lipinski definition) is 1. The minimum absolute atomic E-state index is 0.0359. The number of rotatable bonds is 5. The van der Waals surface area contributed by atoms with Crippen LogP contribution >= 0.6 is 0 Å². The van der Waals surface area contributed by atoms with E-state index in [-0.39, 0.29) is 23.8 Å². The number of carbonyl (C=O) groups is 2. The minimum Gasteiger partial charge on any atom is -0.383 e. The van der Waals surface area contributed by atoms with E-state index in [4.69, 9.17) is 4.74 Å². The van der Waals surface area contributed by atoms with E-state index in [2.05, 4.69) is 5.32 Å². The highest BCUT2D eigenvalue weighted by molar-refractivity contribution is 5.95. The Morgan fingerprint density at radius 3 is 2.87 bits per heavy atom. The summed E-state index contributed by atoms with van der Waals surface area (Å²) in [4.78, 5) is 26.4. The number of piperidine rings is 1. The van der Waals surface area contributed by atoms with Crippen LogP contribution in [0.3, 0.4) is 0 Å². The lowest BCUT2D eigenvalue weighted by Crippen LogP contribution is -2.49. The summed E-state index contributed by atoms with van der Waals surface area (Å²) in [5, 5.41) is 2.81. The van der Waals surface area contributed by atoms with Gasteiger partial charge < -0.3 is 15.0 Å². The maximum atomic E-state index is 13.3. The standard InChI is InChI=1S/C17H23FN2O3/c1-12-6-7-14(16(21)19-8-9-23-2)11-20(12)17(22)13-4-3-5-15(18)10-13/h3-5,10,12,14H,6-9,11H2,1-2H3,(H,19,21)/t12-,14+/m1/s1. The number of likely N-dealkylation sites (tertiary alicyclic amines) is 1. The van der Waals surface area contributed by atoms with Crippen molar-refractivity contribution in [2.45, 2.75) is 25.8 Å². The van der Waals surface area contributed by atoms with E-state index in [0.717, 1.165) is 12.8 Å². The van der Waals surface area contributed by atoms with Crippen LogP contribution in [0.4, 0.5) is 4.39 Å². The van der Waals surface area contributed by atoms with Gasteiger partial charge in [0, 0.05) is 31.8 Å². The van der Waals surface area contributed by atoms with E-state index >= 15 is 0 Å². The second-order valence-electron chi connectivity index (χ2n) is 5.87. The second kappa shape index (κ2) is 8.06. The molecule has 6 heteroatoms. The monoisotopic (exact) mass is 322 g/mol. The zero-order valence-corrected chi connectivity index (χ0v) is 13.5. The molecule has 0 radical (unpaired) electrons. The Bertz CT molecular complexity index is 565. The van der Waals surface area contributed by atoms with E-state index < -0.39 is 5.82 Å². The van der Waals surface area contributed by atoms with Crippen molar-refractivity contribution in [3.63, 3.8) is 0 Å². The van der Waals surface area contributed by atoms with Gasteiger partial charge in [-0.25, -0.2) is 4.39 Å². The smallest absolute Gasteiger partial charge is 0.254 e. The molecule has 0 aliphatic carbocycles. The number of ether oxygens (including phenoxy) is 1. The highest BCUT2D eigenvalue weighted by Gasteiger charge is 2.33. The van der Waals surface area contributed by atoms with Gasteiger partial charge in [0.15, 0.2) is 0 Å². The molecule has 1 saturated heterocycles. The number of nitrogens with one attached hydrogen (secondary N) is 1. The average molecular weight is 322 g/mol. The summed E-state index contributed by atoms with van der Waals surface area (Å²) in [6.45, 7) is 3.23. The maximum Gasteiger partial charge on any atom is 0.254 e. The van der Waals surface area contributed by atoms with Gasteiger partial charge >= 0.3 is 0 Å². The zero-order valence-electron chi connectivity index (χ0n) is 13.5. The van der Waals surface area contributed by atoms with Crippen molar-refractivity contribution in [1.29, 1.82) is 0 Å². The largest absolute Gasteiger partial charge is 0.383 e. The van der Waals surface area contributed by atoms with Crippen LogP contribution in [-0.4, -0.2) is 49.6 Å². The first kappa shape index (κ1) is 17.4. The summed E-state index contributed by atoms with van der Waals surface area (Å²) >= 11 is 0. The molecule has 1 heterocycles. The number of nitrogens with zero attached hydrogens (tertiary/aromatic N) is 1. The van der Waals surface area contributed by atoms with Crippen molar-refractivity contribution in [1.82, 2.24) is 10.2 Å². The van der Waals surface area contributed by atoms with Crippen molar-refractivity contribution < 1.29 is 18.7 Å². The molecule has 1 aromatic carbocycles. The molecule has 1 aromatic rings. The van der Waals surface area contributed by atoms with E-state index in [1.54, 1.807) is 18.1 Å². The Labute approximate surface area is 135 Å². The molecule has 2 atom stereocenters. The van der Waals surface area contributed by atoms with Gasteiger partial charge in [-0.2, -0.15) is 0 Å². The number of hydrogen-bond acceptors (Lipinski definition) is 3. The average Bonchev–Trinajstić information content (AvgIpc) is 2.54. The fourth-order valence-electron chi connectivity index (χ4n) is 2.81. The molecule has 126 valence electrons. The van der Waals surface area contributed by atoms with Gasteiger partial charge in [-0.3, -0.25) is 9.59 Å². The molecule has 5 nitrogen and oxygen atoms in total. The van der Waals surface area contributed by atoms with E-state index in [0.29, 0.717) is 25.3 Å². The first-order chi connectivity index (χ1) is 11.0. The molecule has 1 aliphatic rings. The first-order valence-corrected chi connectivity index (χ1v) is 7.86. The molecule has 0 unspecified atom stereocenters. The number of halogens is 1. The Hall–Kier alpha value is -1.95. The quantitative estimate of drug-likeness (QED) is 0.842. The predicted molar refractivity (Wildman–Crippen MR) is 84.5 cm³/mol. The zero-order chi connectivity index (χ0) is 16.8. The molecule has 23 heavy (non-hydrogen) atoms. The molecular weight excluding hydrogens is 299 g/mol. The van der Waals surface area contributed by atoms with Crippen molar-refractivity contribution >= 4 is 11.8 Å². The van der Waals surface area contributed by atoms with Crippen LogP contribution in [0.2, 0.25) is 0 Å². The molecular formula is C17H23FN2O3.